The van der Waals surface area contributed by atoms with Crippen LogP contribution in [0.3, 0.4) is 0 Å². The van der Waals surface area contributed by atoms with Gasteiger partial charge in [-0.15, -0.1) is 0 Å². The van der Waals surface area contributed by atoms with Gasteiger partial charge in [-0.05, 0) is 0 Å². The minimum atomic E-state index is 0.625. The third kappa shape index (κ3) is 313. The van der Waals surface area contributed by atoms with E-state index < -0.39 is 0 Å². The number of halogens is 1. The van der Waals surface area contributed by atoms with E-state index in [-0.39, 0.29) is 0 Å². The third-order valence-electron chi connectivity index (χ3n) is 0.316. The second kappa shape index (κ2) is 45.1. The van der Waals surface area contributed by atoms with Crippen molar-refractivity contribution >= 4 is 0 Å². The first kappa shape index (κ1) is 15.9. The van der Waals surface area contributed by atoms with E-state index in [1.54, 1.807) is 0 Å². The number of nitrogens with zero attached hydrogens (tertiary/aromatic N) is 2. The monoisotopic (exact) mass is 146 g/mol. The fourth-order valence-electron chi connectivity index (χ4n) is 0. The smallest absolute Gasteiger partial charge is 0.0618 e. The summed E-state index contributed by atoms with van der Waals surface area (Å²) in [6.07, 6.45) is 1.25. The van der Waals surface area contributed by atoms with Gasteiger partial charge in [0.25, 0.3) is 0 Å². The number of rotatable bonds is 0. The zero-order valence-corrected chi connectivity index (χ0v) is 6.13. The van der Waals surface area contributed by atoms with E-state index in [2.05, 4.69) is 0 Å². The molecule has 0 fully saturated rings. The van der Waals surface area contributed by atoms with Crippen molar-refractivity contribution < 1.29 is 9.84 Å². The lowest BCUT2D eigenvalue weighted by Gasteiger charge is -1.47. The summed E-state index contributed by atoms with van der Waals surface area (Å²) in [5.41, 5.74) is 0. The van der Waals surface area contributed by atoms with Gasteiger partial charge < -0.3 is 0 Å². The van der Waals surface area contributed by atoms with Gasteiger partial charge in [0.05, 0.1) is 12.1 Å². The molecule has 0 rings (SSSR count). The molecule has 0 spiro atoms. The minimum Gasteiger partial charge on any atom is -0.209 e. The van der Waals surface area contributed by atoms with Gasteiger partial charge in [0.15, 0.2) is 0 Å². The normalized spacial score (nSPS) is 4.60. The van der Waals surface area contributed by atoms with Crippen LogP contribution in [0.4, 0.5) is 4.53 Å². The Morgan fingerprint density at radius 2 is 1.20 bits per heavy atom. The first-order valence-corrected chi connectivity index (χ1v) is 2.74. The highest BCUT2D eigenvalue weighted by atomic mass is 19.3. The van der Waals surface area contributed by atoms with E-state index in [0.29, 0.717) is 12.8 Å². The molecular weight excluding hydrogens is 135 g/mol. The molecule has 10 heavy (non-hydrogen) atoms. The van der Waals surface area contributed by atoms with Gasteiger partial charge in [0.1, 0.15) is 0 Å². The lowest BCUT2D eigenvalue weighted by atomic mass is 10.6. The predicted molar refractivity (Wildman–Crippen MR) is 35.1 cm³/mol. The van der Waals surface area contributed by atoms with Crippen molar-refractivity contribution in [1.29, 1.82) is 10.5 Å². The first-order chi connectivity index (χ1) is 4.83. The average molecular weight is 146 g/mol. The molecule has 0 atom stereocenters. The van der Waals surface area contributed by atoms with Crippen molar-refractivity contribution in [3.63, 3.8) is 0 Å². The van der Waals surface area contributed by atoms with E-state index in [9.17, 15) is 0 Å². The zero-order valence-electron chi connectivity index (χ0n) is 6.13. The summed E-state index contributed by atoms with van der Waals surface area (Å²) in [4.78, 5) is 0. The summed E-state index contributed by atoms with van der Waals surface area (Å²) in [7, 11) is 0. The van der Waals surface area contributed by atoms with E-state index in [4.69, 9.17) is 20.4 Å². The maximum absolute atomic E-state index is 8.50. The van der Waals surface area contributed by atoms with Crippen LogP contribution in [0.1, 0.15) is 26.7 Å². The van der Waals surface area contributed by atoms with Crippen molar-refractivity contribution in [3.05, 3.63) is 0 Å². The van der Waals surface area contributed by atoms with Crippen LogP contribution in [-0.2, 0) is 0 Å². The topological polar surface area (TPSA) is 67.8 Å². The first-order valence-electron chi connectivity index (χ1n) is 2.74. The second-order valence-electron chi connectivity index (χ2n) is 1.02. The van der Waals surface area contributed by atoms with Gasteiger partial charge in [0.2, 0.25) is 0 Å². The second-order valence-corrected chi connectivity index (χ2v) is 1.02. The van der Waals surface area contributed by atoms with Crippen molar-refractivity contribution in [2.45, 2.75) is 26.7 Å². The molecule has 0 radical (unpaired) electrons. The van der Waals surface area contributed by atoms with E-state index in [1.807, 2.05) is 26.0 Å². The SMILES string of the molecule is CCC#N.CCC#N.OF. The molecule has 0 amide bonds. The lowest BCUT2D eigenvalue weighted by Crippen LogP contribution is -1.38. The zero-order chi connectivity index (χ0) is 8.83. The molecule has 0 aromatic carbocycles. The van der Waals surface area contributed by atoms with Crippen molar-refractivity contribution in [3.8, 4) is 12.1 Å². The average Bonchev–Trinajstić information content (AvgIpc) is 2.08. The molecular formula is C6H11FN2O. The predicted octanol–water partition coefficient (Wildman–Crippen LogP) is 1.70. The van der Waals surface area contributed by atoms with Crippen LogP contribution >= 0.6 is 0 Å². The summed E-state index contributed by atoms with van der Waals surface area (Å²) in [6.45, 7) is 3.64. The van der Waals surface area contributed by atoms with Crippen molar-refractivity contribution in [2.75, 3.05) is 0 Å². The van der Waals surface area contributed by atoms with Crippen LogP contribution in [0.25, 0.3) is 0 Å². The highest BCUT2D eigenvalue weighted by Gasteiger charge is 1.50. The Morgan fingerprint density at radius 3 is 1.20 bits per heavy atom. The molecule has 0 bridgehead atoms. The Labute approximate surface area is 60.2 Å². The molecule has 0 aromatic rings. The molecule has 0 aliphatic rings. The maximum atomic E-state index is 8.50. The summed E-state index contributed by atoms with van der Waals surface area (Å²) < 4.78 is 8.50. The summed E-state index contributed by atoms with van der Waals surface area (Å²) in [5.74, 6) is 0. The Morgan fingerprint density at radius 1 is 1.10 bits per heavy atom. The number of hydrogen-bond acceptors (Lipinski definition) is 3. The number of nitriles is 2. The Kier molecular flexibility index (Phi) is 71.9. The minimum absolute atomic E-state index is 0.625. The van der Waals surface area contributed by atoms with E-state index in [1.165, 1.54) is 0 Å². The molecule has 3 nitrogen and oxygen atoms in total. The number of hydrogen-bond donors (Lipinski definition) is 1. The van der Waals surface area contributed by atoms with Gasteiger partial charge >= 0.3 is 0 Å². The van der Waals surface area contributed by atoms with Gasteiger partial charge in [0, 0.05) is 12.8 Å². The van der Waals surface area contributed by atoms with Crippen LogP contribution < -0.4 is 0 Å². The maximum Gasteiger partial charge on any atom is 0.0618 e. The Bertz CT molecular complexity index is 89.3. The highest BCUT2D eigenvalue weighted by molar-refractivity contribution is 4.62. The fourth-order valence-corrected chi connectivity index (χ4v) is 0. The Balaban J connectivity index is -0.0000000787. The standard InChI is InChI=1S/2C3H5N.FHO/c2*1-2-3-4;1-2/h2*2H2,1H3;2H. The molecule has 1 N–H and O–H groups in total. The van der Waals surface area contributed by atoms with Crippen LogP contribution in [0.5, 0.6) is 0 Å². The van der Waals surface area contributed by atoms with Crippen LogP contribution in [0, 0.1) is 22.7 Å². The molecule has 0 aromatic heterocycles. The molecule has 0 aliphatic carbocycles. The summed E-state index contributed by atoms with van der Waals surface area (Å²) >= 11 is 0. The molecule has 0 saturated carbocycles. The van der Waals surface area contributed by atoms with Crippen molar-refractivity contribution in [1.82, 2.24) is 0 Å². The molecule has 58 valence electrons. The molecule has 0 saturated heterocycles. The van der Waals surface area contributed by atoms with Gasteiger partial charge in [-0.25, -0.2) is 5.31 Å². The van der Waals surface area contributed by atoms with Gasteiger partial charge in [-0.1, -0.05) is 18.4 Å². The Hall–Kier alpha value is -1.13. The third-order valence-corrected chi connectivity index (χ3v) is 0.316. The molecule has 0 aliphatic heterocycles. The van der Waals surface area contributed by atoms with E-state index >= 15 is 0 Å². The van der Waals surface area contributed by atoms with Crippen molar-refractivity contribution in [2.24, 2.45) is 0 Å². The van der Waals surface area contributed by atoms with E-state index in [0.717, 1.165) is 0 Å². The fraction of sp³-hybridized carbons (Fsp3) is 0.667. The van der Waals surface area contributed by atoms with Gasteiger partial charge in [-0.2, -0.15) is 10.5 Å². The molecule has 4 heteroatoms. The lowest BCUT2D eigenvalue weighted by molar-refractivity contribution is -0.0441. The van der Waals surface area contributed by atoms with Crippen LogP contribution in [0.15, 0.2) is 0 Å². The molecule has 0 heterocycles. The molecule has 0 unspecified atom stereocenters. The quantitative estimate of drug-likeness (QED) is 0.565. The van der Waals surface area contributed by atoms with Crippen LogP contribution in [0.2, 0.25) is 0 Å². The largest absolute Gasteiger partial charge is 0.209 e. The van der Waals surface area contributed by atoms with Crippen LogP contribution in [-0.4, -0.2) is 5.31 Å². The summed E-state index contributed by atoms with van der Waals surface area (Å²) in [5, 5.41) is 20.8. The van der Waals surface area contributed by atoms with Gasteiger partial charge in [-0.3, -0.25) is 0 Å². The highest BCUT2D eigenvalue weighted by Crippen LogP contribution is 1.58. The summed E-state index contributed by atoms with van der Waals surface area (Å²) in [6, 6.07) is 3.86.